The smallest absolute Gasteiger partial charge is 0.387 e. The normalized spacial score (nSPS) is 12.5. The summed E-state index contributed by atoms with van der Waals surface area (Å²) in [6, 6.07) is 19.2. The Bertz CT molecular complexity index is 673. The summed E-state index contributed by atoms with van der Waals surface area (Å²) in [5.74, 6) is 11.9. The van der Waals surface area contributed by atoms with Crippen molar-refractivity contribution in [3.8, 4) is 23.7 Å². The van der Waals surface area contributed by atoms with Crippen LogP contribution in [0.3, 0.4) is 0 Å². The molecule has 0 aliphatic rings. The van der Waals surface area contributed by atoms with Crippen LogP contribution >= 0.6 is 0 Å². The van der Waals surface area contributed by atoms with Gasteiger partial charge in [-0.3, -0.25) is 0 Å². The third kappa shape index (κ3) is 6.83. The summed E-state index contributed by atoms with van der Waals surface area (Å²) in [5, 5.41) is 0. The van der Waals surface area contributed by atoms with Gasteiger partial charge in [-0.25, -0.2) is 0 Å². The monoisotopic (exact) mass is 335 g/mol. The van der Waals surface area contributed by atoms with Crippen molar-refractivity contribution in [2.24, 2.45) is 0 Å². The summed E-state index contributed by atoms with van der Waals surface area (Å²) >= 11 is 0. The molecule has 0 aliphatic heterocycles. The summed E-state index contributed by atoms with van der Waals surface area (Å²) in [6.45, 7) is 3.56. The molecule has 2 aromatic carbocycles. The van der Waals surface area contributed by atoms with E-state index in [-0.39, 0.29) is 0 Å². The lowest BCUT2D eigenvalue weighted by Gasteiger charge is -2.13. The average molecular weight is 335 g/mol. The number of rotatable bonds is 4. The Hall–Kier alpha value is -2.34. The predicted octanol–water partition coefficient (Wildman–Crippen LogP) is 2.88. The zero-order valence-corrected chi connectivity index (χ0v) is 14.7. The molecule has 0 bridgehead atoms. The highest BCUT2D eigenvalue weighted by Crippen LogP contribution is 2.01. The van der Waals surface area contributed by atoms with Gasteiger partial charge in [-0.15, -0.1) is 0 Å². The van der Waals surface area contributed by atoms with Gasteiger partial charge < -0.3 is 13.6 Å². The van der Waals surface area contributed by atoms with Crippen LogP contribution in [0.4, 0.5) is 0 Å². The first-order valence-corrected chi connectivity index (χ1v) is 8.92. The first kappa shape index (κ1) is 18.0. The zero-order valence-electron chi connectivity index (χ0n) is 13.7. The minimum absolute atomic E-state index is 0.418. The van der Waals surface area contributed by atoms with E-state index in [9.17, 15) is 4.80 Å². The molecule has 0 saturated heterocycles. The van der Waals surface area contributed by atoms with Crippen LogP contribution in [-0.2, 0) is 8.85 Å². The third-order valence-corrected chi connectivity index (χ3v) is 4.05. The van der Waals surface area contributed by atoms with Crippen molar-refractivity contribution in [2.75, 3.05) is 0 Å². The fourth-order valence-corrected chi connectivity index (χ4v) is 2.58. The number of hydrogen-bond donors (Lipinski definition) is 1. The van der Waals surface area contributed by atoms with E-state index in [0.29, 0.717) is 0 Å². The van der Waals surface area contributed by atoms with Crippen LogP contribution in [0.2, 0.25) is 0 Å². The highest BCUT2D eigenvalue weighted by molar-refractivity contribution is 6.34. The quantitative estimate of drug-likeness (QED) is 0.690. The molecule has 0 aromatic heterocycles. The van der Waals surface area contributed by atoms with Gasteiger partial charge in [-0.2, -0.15) is 0 Å². The Morgan fingerprint density at radius 3 is 1.50 bits per heavy atom. The third-order valence-electron chi connectivity index (χ3n) is 2.94. The van der Waals surface area contributed by atoms with Gasteiger partial charge in [0.15, 0.2) is 0 Å². The van der Waals surface area contributed by atoms with Gasteiger partial charge in [-0.1, -0.05) is 60.1 Å². The van der Waals surface area contributed by atoms with Crippen molar-refractivity contribution >= 4 is 9.53 Å². The molecular weight excluding hydrogens is 316 g/mol. The van der Waals surface area contributed by atoms with Crippen molar-refractivity contribution in [1.82, 2.24) is 0 Å². The highest BCUT2D eigenvalue weighted by Gasteiger charge is 2.19. The molecule has 2 unspecified atom stereocenters. The van der Waals surface area contributed by atoms with Crippen LogP contribution < -0.4 is 0 Å². The van der Waals surface area contributed by atoms with Crippen molar-refractivity contribution < 1.29 is 13.6 Å². The molecule has 0 amide bonds. The van der Waals surface area contributed by atoms with Crippen molar-refractivity contribution in [1.29, 1.82) is 0 Å². The summed E-state index contributed by atoms with van der Waals surface area (Å²) in [7, 11) is -2.40. The van der Waals surface area contributed by atoms with E-state index in [0.717, 1.165) is 11.1 Å². The van der Waals surface area contributed by atoms with Gasteiger partial charge in [0.05, 0.1) is 0 Å². The molecule has 121 valence electrons. The molecule has 24 heavy (non-hydrogen) atoms. The van der Waals surface area contributed by atoms with Gasteiger partial charge in [0.1, 0.15) is 12.2 Å². The maximum atomic E-state index is 9.91. The van der Waals surface area contributed by atoms with Gasteiger partial charge in [0.2, 0.25) is 0 Å². The maximum Gasteiger partial charge on any atom is 0.576 e. The van der Waals surface area contributed by atoms with Crippen LogP contribution in [0.5, 0.6) is 0 Å². The van der Waals surface area contributed by atoms with Crippen LogP contribution in [0, 0.1) is 23.7 Å². The standard InChI is InChI=1S/C20H19O3Si/c1-17(13-15-19-9-5-3-6-10-19)22-24(21)23-18(2)14-16-20-11-7-4-8-12-20/h3-12,17-18,21H,1-2H3. The largest absolute Gasteiger partial charge is 0.576 e. The van der Waals surface area contributed by atoms with Crippen LogP contribution in [0.25, 0.3) is 0 Å². The van der Waals surface area contributed by atoms with Gasteiger partial charge >= 0.3 is 9.53 Å². The fourth-order valence-electron chi connectivity index (χ4n) is 1.80. The van der Waals surface area contributed by atoms with E-state index in [2.05, 4.69) is 23.7 Å². The van der Waals surface area contributed by atoms with E-state index < -0.39 is 21.7 Å². The molecule has 4 heteroatoms. The van der Waals surface area contributed by atoms with Crippen LogP contribution in [0.15, 0.2) is 60.7 Å². The van der Waals surface area contributed by atoms with E-state index in [1.54, 1.807) is 13.8 Å². The minimum atomic E-state index is -2.40. The second-order valence-electron chi connectivity index (χ2n) is 5.06. The Morgan fingerprint density at radius 2 is 1.12 bits per heavy atom. The van der Waals surface area contributed by atoms with Gasteiger partial charge in [-0.05, 0) is 38.1 Å². The molecule has 0 aliphatic carbocycles. The van der Waals surface area contributed by atoms with Crippen molar-refractivity contribution in [3.05, 3.63) is 71.8 Å². The second-order valence-corrected chi connectivity index (χ2v) is 6.06. The Balaban J connectivity index is 1.81. The minimum Gasteiger partial charge on any atom is -0.387 e. The Kier molecular flexibility index (Phi) is 7.29. The molecule has 2 atom stereocenters. The molecule has 1 N–H and O–H groups in total. The SMILES string of the molecule is CC(C#Cc1ccccc1)O[Si](O)OC(C)C#Cc1ccccc1. The van der Waals surface area contributed by atoms with Crippen LogP contribution in [-0.4, -0.2) is 26.5 Å². The molecule has 0 fully saturated rings. The van der Waals surface area contributed by atoms with E-state index in [1.165, 1.54) is 0 Å². The molecule has 3 nitrogen and oxygen atoms in total. The molecule has 0 spiro atoms. The fraction of sp³-hybridized carbons (Fsp3) is 0.200. The maximum absolute atomic E-state index is 9.91. The number of hydrogen-bond acceptors (Lipinski definition) is 3. The zero-order chi connectivity index (χ0) is 17.2. The predicted molar refractivity (Wildman–Crippen MR) is 95.7 cm³/mol. The first-order valence-electron chi connectivity index (χ1n) is 7.66. The summed E-state index contributed by atoms with van der Waals surface area (Å²) in [6.07, 6.45) is -0.836. The highest BCUT2D eigenvalue weighted by atomic mass is 28.3. The van der Waals surface area contributed by atoms with Crippen LogP contribution in [0.1, 0.15) is 25.0 Å². The van der Waals surface area contributed by atoms with Gasteiger partial charge in [0.25, 0.3) is 0 Å². The number of benzene rings is 2. The lowest BCUT2D eigenvalue weighted by molar-refractivity contribution is 0.103. The molecule has 2 rings (SSSR count). The van der Waals surface area contributed by atoms with E-state index in [1.807, 2.05) is 60.7 Å². The topological polar surface area (TPSA) is 38.7 Å². The molecule has 0 saturated carbocycles. The molecule has 2 aromatic rings. The Labute approximate surface area is 145 Å². The first-order chi connectivity index (χ1) is 11.6. The molecule has 1 radical (unpaired) electrons. The molecular formula is C20H19O3Si. The van der Waals surface area contributed by atoms with Crippen molar-refractivity contribution in [2.45, 2.75) is 26.1 Å². The van der Waals surface area contributed by atoms with E-state index in [4.69, 9.17) is 8.85 Å². The molecule has 0 heterocycles. The summed E-state index contributed by atoms with van der Waals surface area (Å²) in [5.41, 5.74) is 1.81. The average Bonchev–Trinajstić information content (AvgIpc) is 2.60. The van der Waals surface area contributed by atoms with Gasteiger partial charge in [0, 0.05) is 11.1 Å². The second kappa shape index (κ2) is 9.72. The summed E-state index contributed by atoms with van der Waals surface area (Å²) in [4.78, 5) is 9.91. The Morgan fingerprint density at radius 1 is 0.750 bits per heavy atom. The lowest BCUT2D eigenvalue weighted by atomic mass is 10.2. The van der Waals surface area contributed by atoms with Crippen molar-refractivity contribution in [3.63, 3.8) is 0 Å². The van der Waals surface area contributed by atoms with E-state index >= 15 is 0 Å². The lowest BCUT2D eigenvalue weighted by Crippen LogP contribution is -2.30. The summed E-state index contributed by atoms with van der Waals surface area (Å²) < 4.78 is 10.8.